The maximum absolute atomic E-state index is 12.6. The normalized spacial score (nSPS) is 13.7. The molecule has 7 heteroatoms. The standard InChI is InChI=1S/C21H16N2O4S/c1-12-3-5-15(6-4-12)19-20(28-13(2)22-19)18-17(11-27-21(18)24)14-7-9-16(10-8-14)23(25)26/h3-10H,11H2,1-2H3. The number of ether oxygens (including phenoxy) is 1. The van der Waals surface area contributed by atoms with Gasteiger partial charge in [-0.25, -0.2) is 9.78 Å². The van der Waals surface area contributed by atoms with Crippen molar-refractivity contribution in [3.8, 4) is 11.3 Å². The molecule has 28 heavy (non-hydrogen) atoms. The summed E-state index contributed by atoms with van der Waals surface area (Å²) in [5.41, 5.74) is 4.75. The number of carbonyl (C=O) groups excluding carboxylic acids is 1. The van der Waals surface area contributed by atoms with Gasteiger partial charge < -0.3 is 4.74 Å². The zero-order valence-electron chi connectivity index (χ0n) is 15.3. The SMILES string of the molecule is Cc1ccc(-c2nc(C)sc2C2=C(c3ccc([N+](=O)[O-])cc3)COC2=O)cc1. The number of carbonyl (C=O) groups is 1. The first-order chi connectivity index (χ1) is 13.4. The van der Waals surface area contributed by atoms with Gasteiger partial charge in [-0.15, -0.1) is 11.3 Å². The van der Waals surface area contributed by atoms with Gasteiger partial charge in [-0.2, -0.15) is 0 Å². The van der Waals surface area contributed by atoms with Crippen LogP contribution in [-0.2, 0) is 9.53 Å². The average molecular weight is 392 g/mol. The summed E-state index contributed by atoms with van der Waals surface area (Å²) in [4.78, 5) is 28.4. The quantitative estimate of drug-likeness (QED) is 0.362. The van der Waals surface area contributed by atoms with Crippen LogP contribution in [0.3, 0.4) is 0 Å². The Morgan fingerprint density at radius 3 is 2.32 bits per heavy atom. The second-order valence-electron chi connectivity index (χ2n) is 6.51. The lowest BCUT2D eigenvalue weighted by molar-refractivity contribution is -0.384. The third-order valence-corrected chi connectivity index (χ3v) is 5.55. The van der Waals surface area contributed by atoms with Crippen LogP contribution in [0, 0.1) is 24.0 Å². The number of non-ortho nitro benzene ring substituents is 1. The molecule has 0 bridgehead atoms. The molecule has 0 unspecified atom stereocenters. The van der Waals surface area contributed by atoms with Crippen LogP contribution in [0.2, 0.25) is 0 Å². The summed E-state index contributed by atoms with van der Waals surface area (Å²) in [6, 6.07) is 14.1. The monoisotopic (exact) mass is 392 g/mol. The lowest BCUT2D eigenvalue weighted by Gasteiger charge is -2.06. The van der Waals surface area contributed by atoms with Crippen molar-refractivity contribution in [2.45, 2.75) is 13.8 Å². The van der Waals surface area contributed by atoms with Gasteiger partial charge in [0.2, 0.25) is 0 Å². The number of benzene rings is 2. The second-order valence-corrected chi connectivity index (χ2v) is 7.71. The number of nitrogens with zero attached hydrogens (tertiary/aromatic N) is 2. The number of rotatable bonds is 4. The molecule has 2 heterocycles. The summed E-state index contributed by atoms with van der Waals surface area (Å²) in [5.74, 6) is -0.398. The zero-order valence-corrected chi connectivity index (χ0v) is 16.1. The highest BCUT2D eigenvalue weighted by Crippen LogP contribution is 2.41. The van der Waals surface area contributed by atoms with Crippen LogP contribution in [0.25, 0.3) is 22.4 Å². The summed E-state index contributed by atoms with van der Waals surface area (Å²) in [6.07, 6.45) is 0. The molecule has 0 saturated heterocycles. The van der Waals surface area contributed by atoms with Crippen molar-refractivity contribution in [2.75, 3.05) is 6.61 Å². The van der Waals surface area contributed by atoms with Crippen molar-refractivity contribution in [3.63, 3.8) is 0 Å². The molecular weight excluding hydrogens is 376 g/mol. The van der Waals surface area contributed by atoms with Gasteiger partial charge in [0.15, 0.2) is 0 Å². The molecule has 1 aliphatic rings. The Labute approximate surface area is 165 Å². The van der Waals surface area contributed by atoms with Gasteiger partial charge in [0.05, 0.1) is 26.1 Å². The van der Waals surface area contributed by atoms with Crippen LogP contribution in [0.1, 0.15) is 21.0 Å². The number of aryl methyl sites for hydroxylation is 2. The number of thiazole rings is 1. The molecule has 0 fully saturated rings. The van der Waals surface area contributed by atoms with Crippen molar-refractivity contribution >= 4 is 34.1 Å². The summed E-state index contributed by atoms with van der Waals surface area (Å²) in [5, 5.41) is 11.8. The highest BCUT2D eigenvalue weighted by molar-refractivity contribution is 7.13. The predicted molar refractivity (Wildman–Crippen MR) is 108 cm³/mol. The Bertz CT molecular complexity index is 1110. The molecule has 4 rings (SSSR count). The Morgan fingerprint density at radius 2 is 1.68 bits per heavy atom. The van der Waals surface area contributed by atoms with Gasteiger partial charge in [-0.1, -0.05) is 29.8 Å². The Balaban J connectivity index is 1.86. The maximum Gasteiger partial charge on any atom is 0.340 e. The number of cyclic esters (lactones) is 1. The van der Waals surface area contributed by atoms with Crippen molar-refractivity contribution in [3.05, 3.63) is 79.7 Å². The molecule has 0 atom stereocenters. The summed E-state index contributed by atoms with van der Waals surface area (Å²) < 4.78 is 5.32. The molecule has 0 N–H and O–H groups in total. The number of nitro benzene ring substituents is 1. The molecular formula is C21H16N2O4S. The van der Waals surface area contributed by atoms with Gasteiger partial charge in [-0.05, 0) is 31.5 Å². The van der Waals surface area contributed by atoms with Crippen molar-refractivity contribution in [1.29, 1.82) is 0 Å². The largest absolute Gasteiger partial charge is 0.457 e. The third-order valence-electron chi connectivity index (χ3n) is 4.57. The molecule has 6 nitrogen and oxygen atoms in total. The van der Waals surface area contributed by atoms with Gasteiger partial charge in [-0.3, -0.25) is 10.1 Å². The van der Waals surface area contributed by atoms with E-state index in [1.165, 1.54) is 23.5 Å². The molecule has 0 amide bonds. The van der Waals surface area contributed by atoms with Crippen LogP contribution >= 0.6 is 11.3 Å². The van der Waals surface area contributed by atoms with Crippen LogP contribution < -0.4 is 0 Å². The highest BCUT2D eigenvalue weighted by atomic mass is 32.1. The molecule has 0 aliphatic carbocycles. The molecule has 0 radical (unpaired) electrons. The van der Waals surface area contributed by atoms with Crippen molar-refractivity contribution in [2.24, 2.45) is 0 Å². The lowest BCUT2D eigenvalue weighted by Crippen LogP contribution is -1.98. The fourth-order valence-electron chi connectivity index (χ4n) is 3.15. The van der Waals surface area contributed by atoms with E-state index >= 15 is 0 Å². The Hall–Kier alpha value is -3.32. The van der Waals surface area contributed by atoms with E-state index in [0.717, 1.165) is 37.8 Å². The van der Waals surface area contributed by atoms with Crippen molar-refractivity contribution in [1.82, 2.24) is 4.98 Å². The lowest BCUT2D eigenvalue weighted by atomic mass is 9.98. The van der Waals surface area contributed by atoms with E-state index in [4.69, 9.17) is 4.74 Å². The zero-order chi connectivity index (χ0) is 19.8. The van der Waals surface area contributed by atoms with E-state index in [-0.39, 0.29) is 12.3 Å². The summed E-state index contributed by atoms with van der Waals surface area (Å²) in [6.45, 7) is 4.05. The van der Waals surface area contributed by atoms with Gasteiger partial charge >= 0.3 is 5.97 Å². The first kappa shape index (κ1) is 18.1. The van der Waals surface area contributed by atoms with Crippen LogP contribution in [-0.4, -0.2) is 22.5 Å². The number of nitro groups is 1. The van der Waals surface area contributed by atoms with Crippen molar-refractivity contribution < 1.29 is 14.5 Å². The molecule has 140 valence electrons. The minimum atomic E-state index is -0.447. The van der Waals surface area contributed by atoms with Crippen LogP contribution in [0.4, 0.5) is 5.69 Å². The Kier molecular flexibility index (Phi) is 4.52. The van der Waals surface area contributed by atoms with E-state index in [1.807, 2.05) is 38.1 Å². The van der Waals surface area contributed by atoms with Gasteiger partial charge in [0.1, 0.15) is 6.61 Å². The molecule has 1 aromatic heterocycles. The van der Waals surface area contributed by atoms with E-state index < -0.39 is 10.9 Å². The smallest absolute Gasteiger partial charge is 0.340 e. The number of aromatic nitrogens is 1. The Morgan fingerprint density at radius 1 is 1.04 bits per heavy atom. The fraction of sp³-hybridized carbons (Fsp3) is 0.143. The summed E-state index contributed by atoms with van der Waals surface area (Å²) >= 11 is 1.44. The second kappa shape index (κ2) is 7.01. The minimum absolute atomic E-state index is 0.00474. The van der Waals surface area contributed by atoms with E-state index in [9.17, 15) is 14.9 Å². The molecule has 1 aliphatic heterocycles. The number of esters is 1. The molecule has 0 spiro atoms. The summed E-state index contributed by atoms with van der Waals surface area (Å²) in [7, 11) is 0. The van der Waals surface area contributed by atoms with E-state index in [1.54, 1.807) is 12.1 Å². The molecule has 3 aromatic rings. The molecule has 2 aromatic carbocycles. The van der Waals surface area contributed by atoms with E-state index in [0.29, 0.717) is 5.57 Å². The molecule has 0 saturated carbocycles. The topological polar surface area (TPSA) is 82.3 Å². The minimum Gasteiger partial charge on any atom is -0.457 e. The van der Waals surface area contributed by atoms with Crippen LogP contribution in [0.5, 0.6) is 0 Å². The van der Waals surface area contributed by atoms with Gasteiger partial charge in [0, 0.05) is 23.3 Å². The maximum atomic E-state index is 12.6. The van der Waals surface area contributed by atoms with Gasteiger partial charge in [0.25, 0.3) is 5.69 Å². The third kappa shape index (κ3) is 3.20. The number of hydrogen-bond acceptors (Lipinski definition) is 6. The fourth-order valence-corrected chi connectivity index (χ4v) is 4.15. The predicted octanol–water partition coefficient (Wildman–Crippen LogP) is 4.80. The first-order valence-corrected chi connectivity index (χ1v) is 9.45. The van der Waals surface area contributed by atoms with Crippen LogP contribution in [0.15, 0.2) is 48.5 Å². The first-order valence-electron chi connectivity index (χ1n) is 8.64. The van der Waals surface area contributed by atoms with E-state index in [2.05, 4.69) is 4.98 Å². The highest BCUT2D eigenvalue weighted by Gasteiger charge is 2.31. The number of hydrogen-bond donors (Lipinski definition) is 0. The average Bonchev–Trinajstić information content (AvgIpc) is 3.24.